The summed E-state index contributed by atoms with van der Waals surface area (Å²) in [4.78, 5) is 11.4. The highest BCUT2D eigenvalue weighted by Crippen LogP contribution is 2.39. The van der Waals surface area contributed by atoms with Gasteiger partial charge < -0.3 is 20.1 Å². The molecule has 34 heavy (non-hydrogen) atoms. The van der Waals surface area contributed by atoms with E-state index in [0.29, 0.717) is 22.2 Å². The number of hydrogen-bond donors (Lipinski definition) is 3. The van der Waals surface area contributed by atoms with Gasteiger partial charge >= 0.3 is 6.18 Å². The smallest absolute Gasteiger partial charge is 0.361 e. The summed E-state index contributed by atoms with van der Waals surface area (Å²) < 4.78 is 46.9. The summed E-state index contributed by atoms with van der Waals surface area (Å²) >= 11 is 0. The van der Waals surface area contributed by atoms with Crippen LogP contribution in [0, 0.1) is 13.8 Å². The van der Waals surface area contributed by atoms with E-state index in [2.05, 4.69) is 30.7 Å². The quantitative estimate of drug-likeness (QED) is 0.366. The van der Waals surface area contributed by atoms with Gasteiger partial charge in [-0.25, -0.2) is 9.97 Å². The van der Waals surface area contributed by atoms with E-state index in [4.69, 9.17) is 4.52 Å². The van der Waals surface area contributed by atoms with E-state index >= 15 is 0 Å². The van der Waals surface area contributed by atoms with Crippen molar-refractivity contribution in [1.82, 2.24) is 25.4 Å². The van der Waals surface area contributed by atoms with Gasteiger partial charge in [0, 0.05) is 47.0 Å². The van der Waals surface area contributed by atoms with E-state index in [1.807, 2.05) is 26.0 Å². The molecule has 178 valence electrons. The third-order valence-corrected chi connectivity index (χ3v) is 6.23. The van der Waals surface area contributed by atoms with Gasteiger partial charge in [0.2, 0.25) is 5.95 Å². The van der Waals surface area contributed by atoms with Gasteiger partial charge in [-0.3, -0.25) is 0 Å². The molecule has 1 aliphatic heterocycles. The predicted molar refractivity (Wildman–Crippen MR) is 123 cm³/mol. The van der Waals surface area contributed by atoms with Crippen LogP contribution >= 0.6 is 0 Å². The van der Waals surface area contributed by atoms with Crippen molar-refractivity contribution in [3.8, 4) is 22.4 Å². The molecule has 1 aromatic carbocycles. The number of alkyl halides is 3. The second-order valence-electron chi connectivity index (χ2n) is 8.66. The Labute approximate surface area is 194 Å². The van der Waals surface area contributed by atoms with E-state index in [0.717, 1.165) is 55.4 Å². The molecular formula is C24H25F3N6O. The molecule has 0 aliphatic carbocycles. The Morgan fingerprint density at radius 1 is 1.18 bits per heavy atom. The number of H-pyrrole nitrogens is 1. The molecule has 1 saturated heterocycles. The number of hydrogen-bond acceptors (Lipinski definition) is 6. The fraction of sp³-hybridized carbons (Fsp3) is 0.375. The minimum absolute atomic E-state index is 0.0627. The third-order valence-electron chi connectivity index (χ3n) is 6.23. The molecule has 0 spiro atoms. The number of nitrogens with zero attached hydrogens (tertiary/aromatic N) is 3. The molecule has 4 aromatic rings. The lowest BCUT2D eigenvalue weighted by Crippen LogP contribution is -2.31. The summed E-state index contributed by atoms with van der Waals surface area (Å²) in [5.41, 5.74) is 2.55. The van der Waals surface area contributed by atoms with E-state index < -0.39 is 11.7 Å². The van der Waals surface area contributed by atoms with Crippen molar-refractivity contribution in [2.24, 2.45) is 0 Å². The number of halogens is 3. The second kappa shape index (κ2) is 8.75. The second-order valence-corrected chi connectivity index (χ2v) is 8.66. The van der Waals surface area contributed by atoms with Crippen LogP contribution in [0.1, 0.15) is 36.3 Å². The van der Waals surface area contributed by atoms with Crippen molar-refractivity contribution in [2.75, 3.05) is 18.4 Å². The van der Waals surface area contributed by atoms with Gasteiger partial charge in [0.25, 0.3) is 0 Å². The molecule has 0 amide bonds. The van der Waals surface area contributed by atoms with E-state index in [-0.39, 0.29) is 17.7 Å². The number of rotatable bonds is 4. The lowest BCUT2D eigenvalue weighted by Gasteiger charge is -2.18. The van der Waals surface area contributed by atoms with Gasteiger partial charge in [0.15, 0.2) is 0 Å². The zero-order valence-electron chi connectivity index (χ0n) is 18.9. The topological polar surface area (TPSA) is 91.7 Å². The minimum Gasteiger partial charge on any atom is -0.361 e. The number of aryl methyl sites for hydroxylation is 2. The predicted octanol–water partition coefficient (Wildman–Crippen LogP) is 5.47. The summed E-state index contributed by atoms with van der Waals surface area (Å²) in [6.45, 7) is 5.33. The molecule has 0 radical (unpaired) electrons. The maximum atomic E-state index is 13.9. The van der Waals surface area contributed by atoms with Gasteiger partial charge in [-0.2, -0.15) is 13.2 Å². The summed E-state index contributed by atoms with van der Waals surface area (Å²) in [6.07, 6.45) is 0.862. The van der Waals surface area contributed by atoms with Crippen LogP contribution in [0.15, 0.2) is 35.1 Å². The Bertz CT molecular complexity index is 1300. The maximum Gasteiger partial charge on any atom is 0.419 e. The maximum absolute atomic E-state index is 13.9. The van der Waals surface area contributed by atoms with Crippen molar-refractivity contribution in [2.45, 2.75) is 45.3 Å². The van der Waals surface area contributed by atoms with Crippen LogP contribution in [-0.2, 0) is 6.18 Å². The van der Waals surface area contributed by atoms with Crippen molar-refractivity contribution in [3.05, 3.63) is 47.6 Å². The molecular weight excluding hydrogens is 445 g/mol. The van der Waals surface area contributed by atoms with Crippen LogP contribution in [0.4, 0.5) is 19.1 Å². The van der Waals surface area contributed by atoms with Crippen LogP contribution in [-0.4, -0.2) is 39.2 Å². The minimum atomic E-state index is -4.59. The van der Waals surface area contributed by atoms with Crippen LogP contribution in [0.2, 0.25) is 0 Å². The van der Waals surface area contributed by atoms with Gasteiger partial charge in [0.05, 0.1) is 11.4 Å². The molecule has 4 heterocycles. The molecule has 0 bridgehead atoms. The van der Waals surface area contributed by atoms with Crippen molar-refractivity contribution in [1.29, 1.82) is 0 Å². The average molecular weight is 470 g/mol. The molecule has 1 aliphatic rings. The average Bonchev–Trinajstić information content (AvgIpc) is 3.26. The van der Waals surface area contributed by atoms with E-state index in [9.17, 15) is 13.2 Å². The zero-order valence-corrected chi connectivity index (χ0v) is 18.9. The van der Waals surface area contributed by atoms with Crippen LogP contribution < -0.4 is 10.6 Å². The van der Waals surface area contributed by atoms with Gasteiger partial charge in [-0.05, 0) is 44.9 Å². The van der Waals surface area contributed by atoms with E-state index in [1.54, 1.807) is 12.3 Å². The first kappa shape index (κ1) is 22.4. The van der Waals surface area contributed by atoms with Crippen LogP contribution in [0.25, 0.3) is 33.3 Å². The summed E-state index contributed by atoms with van der Waals surface area (Å²) in [5, 5.41) is 11.2. The Kier molecular flexibility index (Phi) is 5.76. The Hall–Kier alpha value is -3.40. The Balaban J connectivity index is 1.56. The van der Waals surface area contributed by atoms with Gasteiger partial charge in [-0.1, -0.05) is 23.7 Å². The normalized spacial score (nSPS) is 17.1. The number of aromatic nitrogens is 4. The van der Waals surface area contributed by atoms with Gasteiger partial charge in [0.1, 0.15) is 11.3 Å². The summed E-state index contributed by atoms with van der Waals surface area (Å²) in [5.74, 6) is 0.876. The van der Waals surface area contributed by atoms with Crippen molar-refractivity contribution < 1.29 is 17.7 Å². The molecule has 0 saturated carbocycles. The first-order valence-electron chi connectivity index (χ1n) is 11.3. The monoisotopic (exact) mass is 470 g/mol. The van der Waals surface area contributed by atoms with Gasteiger partial charge in [-0.15, -0.1) is 0 Å². The molecule has 0 unspecified atom stereocenters. The van der Waals surface area contributed by atoms with Crippen LogP contribution in [0.5, 0.6) is 0 Å². The number of benzene rings is 1. The largest absolute Gasteiger partial charge is 0.419 e. The number of anilines is 1. The number of fused-ring (bicyclic) bond motifs is 1. The fourth-order valence-corrected chi connectivity index (χ4v) is 4.56. The highest BCUT2D eigenvalue weighted by Gasteiger charge is 2.36. The highest BCUT2D eigenvalue weighted by molar-refractivity contribution is 5.97. The Morgan fingerprint density at radius 3 is 2.79 bits per heavy atom. The lowest BCUT2D eigenvalue weighted by atomic mass is 10.0. The molecule has 7 nitrogen and oxygen atoms in total. The standard InChI is InChI=1S/C24H25F3N6O/c1-13-21(14(2)34-33-13)15-6-7-17-18(11-29-20(17)9-15)22-19(24(25,26)27)12-30-23(32-22)31-16-5-3-4-8-28-10-16/h6-7,9,11-12,16,28-29H,3-5,8,10H2,1-2H3,(H,30,31,32)/t16-/m0/s1. The highest BCUT2D eigenvalue weighted by atomic mass is 19.4. The summed E-state index contributed by atoms with van der Waals surface area (Å²) in [6, 6.07) is 5.60. The molecule has 1 fully saturated rings. The number of nitrogens with one attached hydrogen (secondary N) is 3. The fourth-order valence-electron chi connectivity index (χ4n) is 4.56. The zero-order chi connectivity index (χ0) is 23.9. The summed E-state index contributed by atoms with van der Waals surface area (Å²) in [7, 11) is 0. The SMILES string of the molecule is Cc1noc(C)c1-c1ccc2c(-c3nc(N[C@H]4CCCCNC4)ncc3C(F)(F)F)c[nH]c2c1. The molecule has 3 N–H and O–H groups in total. The molecule has 3 aromatic heterocycles. The lowest BCUT2D eigenvalue weighted by molar-refractivity contribution is -0.137. The molecule has 10 heteroatoms. The third kappa shape index (κ3) is 4.25. The molecule has 5 rings (SSSR count). The van der Waals surface area contributed by atoms with Crippen LogP contribution in [0.3, 0.4) is 0 Å². The van der Waals surface area contributed by atoms with Crippen molar-refractivity contribution in [3.63, 3.8) is 0 Å². The van der Waals surface area contributed by atoms with Crippen molar-refractivity contribution >= 4 is 16.9 Å². The first-order valence-corrected chi connectivity index (χ1v) is 11.3. The molecule has 1 atom stereocenters. The Morgan fingerprint density at radius 2 is 2.03 bits per heavy atom. The number of aromatic amines is 1. The van der Waals surface area contributed by atoms with E-state index in [1.165, 1.54) is 0 Å². The first-order chi connectivity index (χ1) is 16.3.